The highest BCUT2D eigenvalue weighted by Crippen LogP contribution is 2.38. The number of benzene rings is 1. The third kappa shape index (κ3) is 3.62. The highest BCUT2D eigenvalue weighted by atomic mass is 32.2. The summed E-state index contributed by atoms with van der Waals surface area (Å²) < 4.78 is 0. The van der Waals surface area contributed by atoms with Crippen molar-refractivity contribution in [2.75, 3.05) is 11.1 Å². The van der Waals surface area contributed by atoms with Gasteiger partial charge in [0.1, 0.15) is 11.1 Å². The van der Waals surface area contributed by atoms with Crippen LogP contribution in [0.25, 0.3) is 0 Å². The molecule has 0 unspecified atom stereocenters. The molecule has 0 bridgehead atoms. The molecule has 6 heteroatoms. The van der Waals surface area contributed by atoms with Gasteiger partial charge in [-0.25, -0.2) is 0 Å². The van der Waals surface area contributed by atoms with Crippen molar-refractivity contribution in [1.82, 2.24) is 0 Å². The van der Waals surface area contributed by atoms with Crippen LogP contribution >= 0.6 is 23.1 Å². The number of thiophene rings is 1. The molecule has 1 aliphatic carbocycles. The number of carbonyl (C=O) groups excluding carboxylic acids is 1. The number of fused-ring (bicyclic) bond motifs is 1. The number of aryl methyl sites for hydroxylation is 1. The minimum Gasteiger partial charge on any atom is -0.316 e. The van der Waals surface area contributed by atoms with Gasteiger partial charge in [-0.05, 0) is 42.5 Å². The van der Waals surface area contributed by atoms with Crippen molar-refractivity contribution in [2.45, 2.75) is 25.0 Å². The van der Waals surface area contributed by atoms with Gasteiger partial charge >= 0.3 is 0 Å². The SMILES string of the molecule is N#Cc1cccc(CSCC(=O)Nc2sc3c(c2C#N)CCC3)c1. The van der Waals surface area contributed by atoms with Crippen molar-refractivity contribution in [3.63, 3.8) is 0 Å². The predicted octanol–water partition coefficient (Wildman–Crippen LogP) is 3.85. The quantitative estimate of drug-likeness (QED) is 0.886. The van der Waals surface area contributed by atoms with Crippen molar-refractivity contribution in [3.8, 4) is 12.1 Å². The van der Waals surface area contributed by atoms with E-state index in [-0.39, 0.29) is 5.91 Å². The van der Waals surface area contributed by atoms with Gasteiger partial charge in [0.2, 0.25) is 5.91 Å². The molecule has 4 nitrogen and oxygen atoms in total. The first kappa shape index (κ1) is 16.6. The Labute approximate surface area is 149 Å². The van der Waals surface area contributed by atoms with Crippen LogP contribution in [-0.4, -0.2) is 11.7 Å². The molecule has 0 aliphatic heterocycles. The molecule has 1 aliphatic rings. The van der Waals surface area contributed by atoms with E-state index >= 15 is 0 Å². The van der Waals surface area contributed by atoms with Gasteiger partial charge in [0, 0.05) is 10.6 Å². The van der Waals surface area contributed by atoms with Crippen molar-refractivity contribution >= 4 is 34.0 Å². The van der Waals surface area contributed by atoms with Gasteiger partial charge in [-0.3, -0.25) is 4.79 Å². The molecule has 1 heterocycles. The lowest BCUT2D eigenvalue weighted by molar-refractivity contribution is -0.113. The Kier molecular flexibility index (Phi) is 5.20. The van der Waals surface area contributed by atoms with Crippen LogP contribution in [0.15, 0.2) is 24.3 Å². The van der Waals surface area contributed by atoms with Crippen molar-refractivity contribution < 1.29 is 4.79 Å². The summed E-state index contributed by atoms with van der Waals surface area (Å²) in [5, 5.41) is 21.8. The second-order valence-electron chi connectivity index (χ2n) is 5.53. The van der Waals surface area contributed by atoms with Gasteiger partial charge in [-0.1, -0.05) is 12.1 Å². The average Bonchev–Trinajstić information content (AvgIpc) is 3.15. The highest BCUT2D eigenvalue weighted by Gasteiger charge is 2.22. The second-order valence-corrected chi connectivity index (χ2v) is 7.62. The van der Waals surface area contributed by atoms with Gasteiger partial charge in [0.25, 0.3) is 0 Å². The lowest BCUT2D eigenvalue weighted by Gasteiger charge is -2.05. The zero-order valence-corrected chi connectivity index (χ0v) is 14.6. The first-order chi connectivity index (χ1) is 11.7. The number of anilines is 1. The Balaban J connectivity index is 1.55. The molecule has 0 fully saturated rings. The third-order valence-electron chi connectivity index (χ3n) is 3.84. The molecular formula is C18H15N3OS2. The van der Waals surface area contributed by atoms with E-state index in [1.807, 2.05) is 18.2 Å². The summed E-state index contributed by atoms with van der Waals surface area (Å²) in [6, 6.07) is 11.7. The number of hydrogen-bond acceptors (Lipinski definition) is 5. The fourth-order valence-electron chi connectivity index (χ4n) is 2.77. The van der Waals surface area contributed by atoms with E-state index in [1.165, 1.54) is 28.0 Å². The van der Waals surface area contributed by atoms with Crippen LogP contribution in [0.1, 0.15) is 33.6 Å². The lowest BCUT2D eigenvalue weighted by Crippen LogP contribution is -2.14. The predicted molar refractivity (Wildman–Crippen MR) is 97.0 cm³/mol. The van der Waals surface area contributed by atoms with E-state index in [2.05, 4.69) is 17.5 Å². The molecule has 0 saturated heterocycles. The van der Waals surface area contributed by atoms with E-state index in [0.717, 1.165) is 30.4 Å². The van der Waals surface area contributed by atoms with E-state index in [1.54, 1.807) is 6.07 Å². The third-order valence-corrected chi connectivity index (χ3v) is 6.06. The van der Waals surface area contributed by atoms with Crippen LogP contribution in [0, 0.1) is 22.7 Å². The minimum atomic E-state index is -0.0899. The van der Waals surface area contributed by atoms with E-state index in [9.17, 15) is 10.1 Å². The topological polar surface area (TPSA) is 76.7 Å². The van der Waals surface area contributed by atoms with Crippen LogP contribution in [0.3, 0.4) is 0 Å². The summed E-state index contributed by atoms with van der Waals surface area (Å²) in [6.45, 7) is 0. The number of rotatable bonds is 5. The lowest BCUT2D eigenvalue weighted by atomic mass is 10.1. The first-order valence-corrected chi connectivity index (χ1v) is 9.59. The molecule has 1 aromatic carbocycles. The fourth-order valence-corrected chi connectivity index (χ4v) is 4.80. The Morgan fingerprint density at radius 2 is 2.17 bits per heavy atom. The normalized spacial score (nSPS) is 12.2. The van der Waals surface area contributed by atoms with Crippen molar-refractivity contribution in [3.05, 3.63) is 51.4 Å². The smallest absolute Gasteiger partial charge is 0.235 e. The Morgan fingerprint density at radius 3 is 2.96 bits per heavy atom. The van der Waals surface area contributed by atoms with Gasteiger partial charge in [-0.15, -0.1) is 23.1 Å². The maximum absolute atomic E-state index is 12.1. The molecule has 0 spiro atoms. The minimum absolute atomic E-state index is 0.0899. The second kappa shape index (κ2) is 7.53. The molecular weight excluding hydrogens is 338 g/mol. The Bertz CT molecular complexity index is 858. The molecule has 1 amide bonds. The number of thioether (sulfide) groups is 1. The molecule has 1 aromatic heterocycles. The summed E-state index contributed by atoms with van der Waals surface area (Å²) in [5.41, 5.74) is 3.43. The summed E-state index contributed by atoms with van der Waals surface area (Å²) in [6.07, 6.45) is 3.05. The summed E-state index contributed by atoms with van der Waals surface area (Å²) in [4.78, 5) is 13.4. The fraction of sp³-hybridized carbons (Fsp3) is 0.278. The number of nitrogens with zero attached hydrogens (tertiary/aromatic N) is 2. The summed E-state index contributed by atoms with van der Waals surface area (Å²) in [7, 11) is 0. The van der Waals surface area contributed by atoms with Crippen LogP contribution in [0.4, 0.5) is 5.00 Å². The molecule has 0 radical (unpaired) electrons. The summed E-state index contributed by atoms with van der Waals surface area (Å²) in [5.74, 6) is 0.909. The Hall–Kier alpha value is -2.28. The van der Waals surface area contributed by atoms with Gasteiger partial charge in [0.15, 0.2) is 0 Å². The van der Waals surface area contributed by atoms with Gasteiger partial charge in [0.05, 0.1) is 22.9 Å². The van der Waals surface area contributed by atoms with Crippen LogP contribution in [0.2, 0.25) is 0 Å². The summed E-state index contributed by atoms with van der Waals surface area (Å²) >= 11 is 3.03. The largest absolute Gasteiger partial charge is 0.316 e. The molecule has 2 aromatic rings. The van der Waals surface area contributed by atoms with Crippen molar-refractivity contribution in [2.24, 2.45) is 0 Å². The zero-order chi connectivity index (χ0) is 16.9. The zero-order valence-electron chi connectivity index (χ0n) is 13.0. The Morgan fingerprint density at radius 1 is 1.29 bits per heavy atom. The highest BCUT2D eigenvalue weighted by molar-refractivity contribution is 7.99. The van der Waals surface area contributed by atoms with Gasteiger partial charge in [-0.2, -0.15) is 10.5 Å². The van der Waals surface area contributed by atoms with Crippen LogP contribution in [0.5, 0.6) is 0 Å². The molecule has 120 valence electrons. The first-order valence-electron chi connectivity index (χ1n) is 7.62. The molecule has 24 heavy (non-hydrogen) atoms. The standard InChI is InChI=1S/C18H15N3OS2/c19-8-12-3-1-4-13(7-12)10-23-11-17(22)21-18-15(9-20)14-5-2-6-16(14)24-18/h1,3-4,7H,2,5-6,10-11H2,(H,21,22). The van der Waals surface area contributed by atoms with Crippen LogP contribution in [-0.2, 0) is 23.4 Å². The van der Waals surface area contributed by atoms with Crippen LogP contribution < -0.4 is 5.32 Å². The van der Waals surface area contributed by atoms with E-state index < -0.39 is 0 Å². The molecule has 0 saturated carbocycles. The number of nitrogens with one attached hydrogen (secondary N) is 1. The molecule has 3 rings (SSSR count). The van der Waals surface area contributed by atoms with Gasteiger partial charge < -0.3 is 5.32 Å². The monoisotopic (exact) mass is 353 g/mol. The maximum atomic E-state index is 12.1. The molecule has 1 N–H and O–H groups in total. The van der Waals surface area contributed by atoms with E-state index in [0.29, 0.717) is 27.6 Å². The number of hydrogen-bond donors (Lipinski definition) is 1. The molecule has 0 atom stereocenters. The average molecular weight is 353 g/mol. The van der Waals surface area contributed by atoms with Crippen molar-refractivity contribution in [1.29, 1.82) is 10.5 Å². The number of carbonyl (C=O) groups is 1. The van der Waals surface area contributed by atoms with E-state index in [4.69, 9.17) is 5.26 Å². The number of nitriles is 2. The number of amides is 1. The maximum Gasteiger partial charge on any atom is 0.235 e.